The number of likely N-dealkylation sites (N-methyl/N-ethyl adjacent to an activating group) is 1. The standard InChI is InChI=1S/C14H24N4O9/c1-15-10(19)6-16(4-5-18(14(26)27)9-13(24)25)2-3-17(7-11(20)21)8-12(22)23/h2-9H2,1H3,(H,15,19)(H,20,21)(H,22,23)(H,24,25)(H,26,27). The molecule has 0 aromatic carbocycles. The van der Waals surface area contributed by atoms with Crippen molar-refractivity contribution in [2.24, 2.45) is 0 Å². The number of carbonyl (C=O) groups is 5. The van der Waals surface area contributed by atoms with Gasteiger partial charge in [0.05, 0.1) is 19.6 Å². The number of carboxylic acids is 3. The van der Waals surface area contributed by atoms with E-state index in [2.05, 4.69) is 5.32 Å². The number of carbonyl (C=O) groups excluding carboxylic acids is 1. The molecule has 13 nitrogen and oxygen atoms in total. The highest BCUT2D eigenvalue weighted by molar-refractivity contribution is 5.78. The zero-order chi connectivity index (χ0) is 21.0. The third-order valence-electron chi connectivity index (χ3n) is 3.38. The number of nitrogens with one attached hydrogen (secondary N) is 1. The first kappa shape index (κ1) is 24.1. The van der Waals surface area contributed by atoms with Gasteiger partial charge >= 0.3 is 24.0 Å². The van der Waals surface area contributed by atoms with Crippen molar-refractivity contribution < 1.29 is 44.4 Å². The van der Waals surface area contributed by atoms with Crippen molar-refractivity contribution in [1.82, 2.24) is 20.0 Å². The lowest BCUT2D eigenvalue weighted by molar-refractivity contribution is -0.142. The zero-order valence-corrected chi connectivity index (χ0v) is 14.8. The van der Waals surface area contributed by atoms with E-state index in [4.69, 9.17) is 20.4 Å². The van der Waals surface area contributed by atoms with Crippen LogP contribution in [0.1, 0.15) is 0 Å². The maximum atomic E-state index is 11.6. The Morgan fingerprint density at radius 2 is 1.11 bits per heavy atom. The largest absolute Gasteiger partial charge is 0.480 e. The van der Waals surface area contributed by atoms with Gasteiger partial charge in [-0.05, 0) is 0 Å². The van der Waals surface area contributed by atoms with Crippen LogP contribution in [0.25, 0.3) is 0 Å². The highest BCUT2D eigenvalue weighted by atomic mass is 16.4. The molecule has 154 valence electrons. The van der Waals surface area contributed by atoms with E-state index in [0.29, 0.717) is 4.90 Å². The maximum absolute atomic E-state index is 11.6. The van der Waals surface area contributed by atoms with E-state index in [1.54, 1.807) is 0 Å². The Kier molecular flexibility index (Phi) is 11.1. The Morgan fingerprint density at radius 3 is 1.52 bits per heavy atom. The van der Waals surface area contributed by atoms with Gasteiger partial charge in [0, 0.05) is 33.2 Å². The molecule has 2 amide bonds. The Morgan fingerprint density at radius 1 is 0.667 bits per heavy atom. The van der Waals surface area contributed by atoms with Crippen LogP contribution in [0.3, 0.4) is 0 Å². The number of nitrogens with zero attached hydrogens (tertiary/aromatic N) is 3. The quantitative estimate of drug-likeness (QED) is 0.211. The topological polar surface area (TPSA) is 188 Å². The molecule has 27 heavy (non-hydrogen) atoms. The molecule has 0 spiro atoms. The predicted octanol–water partition coefficient (Wildman–Crippen LogP) is -2.43. The lowest BCUT2D eigenvalue weighted by atomic mass is 10.3. The molecule has 0 aliphatic carbocycles. The summed E-state index contributed by atoms with van der Waals surface area (Å²) in [5.74, 6) is -4.15. The van der Waals surface area contributed by atoms with E-state index in [-0.39, 0.29) is 32.7 Å². The highest BCUT2D eigenvalue weighted by Crippen LogP contribution is 1.97. The second-order valence-corrected chi connectivity index (χ2v) is 5.55. The molecule has 0 aromatic rings. The van der Waals surface area contributed by atoms with Gasteiger partial charge in [0.2, 0.25) is 5.91 Å². The van der Waals surface area contributed by atoms with Gasteiger partial charge < -0.3 is 25.7 Å². The Bertz CT molecular complexity index is 539. The van der Waals surface area contributed by atoms with Crippen LogP contribution in [0, 0.1) is 0 Å². The average molecular weight is 392 g/mol. The zero-order valence-electron chi connectivity index (χ0n) is 14.8. The summed E-state index contributed by atoms with van der Waals surface area (Å²) in [7, 11) is 1.40. The molecular formula is C14H24N4O9. The molecule has 0 aliphatic heterocycles. The summed E-state index contributed by atoms with van der Waals surface area (Å²) in [5, 5.41) is 37.8. The fourth-order valence-corrected chi connectivity index (χ4v) is 2.10. The van der Waals surface area contributed by atoms with Gasteiger partial charge in [0.25, 0.3) is 0 Å². The van der Waals surface area contributed by atoms with Crippen molar-refractivity contribution in [1.29, 1.82) is 0 Å². The van der Waals surface area contributed by atoms with Crippen LogP contribution < -0.4 is 5.32 Å². The SMILES string of the molecule is CNC(=O)CN(CCN(CC(=O)O)CC(=O)O)CCN(CC(=O)O)C(=O)O. The molecule has 0 fully saturated rings. The Labute approximate surface area is 154 Å². The Hall–Kier alpha value is -2.93. The van der Waals surface area contributed by atoms with Crippen molar-refractivity contribution in [2.75, 3.05) is 59.4 Å². The summed E-state index contributed by atoms with van der Waals surface area (Å²) >= 11 is 0. The van der Waals surface area contributed by atoms with Gasteiger partial charge in [-0.25, -0.2) is 4.79 Å². The van der Waals surface area contributed by atoms with Gasteiger partial charge in [-0.15, -0.1) is 0 Å². The van der Waals surface area contributed by atoms with E-state index in [1.807, 2.05) is 0 Å². The molecule has 0 aromatic heterocycles. The minimum absolute atomic E-state index is 0.000975. The normalized spacial score (nSPS) is 10.6. The summed E-state index contributed by atoms with van der Waals surface area (Å²) in [6.45, 7) is -2.02. The molecule has 0 bridgehead atoms. The molecule has 0 aliphatic rings. The van der Waals surface area contributed by atoms with Gasteiger partial charge in [-0.2, -0.15) is 0 Å². The third kappa shape index (κ3) is 12.1. The number of aliphatic carboxylic acids is 3. The molecule has 0 saturated heterocycles. The number of carboxylic acid groups (broad SMARTS) is 4. The summed E-state index contributed by atoms with van der Waals surface area (Å²) in [6, 6.07) is 0. The van der Waals surface area contributed by atoms with Gasteiger partial charge in [0.1, 0.15) is 6.54 Å². The van der Waals surface area contributed by atoms with Crippen molar-refractivity contribution in [3.63, 3.8) is 0 Å². The van der Waals surface area contributed by atoms with Crippen molar-refractivity contribution >= 4 is 29.9 Å². The molecule has 0 unspecified atom stereocenters. The van der Waals surface area contributed by atoms with Crippen molar-refractivity contribution in [3.05, 3.63) is 0 Å². The van der Waals surface area contributed by atoms with Crippen LogP contribution in [-0.4, -0.2) is 124 Å². The molecule has 0 radical (unpaired) electrons. The smallest absolute Gasteiger partial charge is 0.407 e. The van der Waals surface area contributed by atoms with Gasteiger partial charge in [-0.3, -0.25) is 33.9 Å². The molecule has 0 atom stereocenters. The predicted molar refractivity (Wildman–Crippen MR) is 89.5 cm³/mol. The van der Waals surface area contributed by atoms with Gasteiger partial charge in [-0.1, -0.05) is 0 Å². The van der Waals surface area contributed by atoms with E-state index < -0.39 is 49.5 Å². The molecule has 13 heteroatoms. The fourth-order valence-electron chi connectivity index (χ4n) is 2.10. The van der Waals surface area contributed by atoms with Crippen LogP contribution >= 0.6 is 0 Å². The molecule has 0 saturated carbocycles. The number of amides is 2. The van der Waals surface area contributed by atoms with Crippen LogP contribution in [-0.2, 0) is 19.2 Å². The van der Waals surface area contributed by atoms with Crippen LogP contribution in [0.15, 0.2) is 0 Å². The average Bonchev–Trinajstić information content (AvgIpc) is 2.53. The van der Waals surface area contributed by atoms with E-state index in [1.165, 1.54) is 11.9 Å². The monoisotopic (exact) mass is 392 g/mol. The van der Waals surface area contributed by atoms with Crippen molar-refractivity contribution in [3.8, 4) is 0 Å². The maximum Gasteiger partial charge on any atom is 0.407 e. The number of hydrogen-bond donors (Lipinski definition) is 5. The first-order chi connectivity index (χ1) is 12.5. The lowest BCUT2D eigenvalue weighted by Crippen LogP contribution is -2.46. The molecule has 0 heterocycles. The number of rotatable bonds is 14. The number of hydrogen-bond acceptors (Lipinski definition) is 7. The summed E-state index contributed by atoms with van der Waals surface area (Å²) in [5.41, 5.74) is 0. The molecule has 5 N–H and O–H groups in total. The Balaban J connectivity index is 4.92. The first-order valence-electron chi connectivity index (χ1n) is 7.83. The summed E-state index contributed by atoms with van der Waals surface area (Å²) in [6.07, 6.45) is -1.43. The molecular weight excluding hydrogens is 368 g/mol. The van der Waals surface area contributed by atoms with Crippen LogP contribution in [0.4, 0.5) is 4.79 Å². The van der Waals surface area contributed by atoms with Crippen LogP contribution in [0.2, 0.25) is 0 Å². The minimum atomic E-state index is -1.43. The van der Waals surface area contributed by atoms with Crippen LogP contribution in [0.5, 0.6) is 0 Å². The summed E-state index contributed by atoms with van der Waals surface area (Å²) < 4.78 is 0. The highest BCUT2D eigenvalue weighted by Gasteiger charge is 2.20. The molecule has 0 rings (SSSR count). The third-order valence-corrected chi connectivity index (χ3v) is 3.38. The van der Waals surface area contributed by atoms with E-state index >= 15 is 0 Å². The van der Waals surface area contributed by atoms with E-state index in [9.17, 15) is 24.0 Å². The summed E-state index contributed by atoms with van der Waals surface area (Å²) in [4.78, 5) is 58.3. The second-order valence-electron chi connectivity index (χ2n) is 5.55. The van der Waals surface area contributed by atoms with E-state index in [0.717, 1.165) is 4.90 Å². The van der Waals surface area contributed by atoms with Crippen molar-refractivity contribution in [2.45, 2.75) is 0 Å². The minimum Gasteiger partial charge on any atom is -0.480 e. The second kappa shape index (κ2) is 12.4. The fraction of sp³-hybridized carbons (Fsp3) is 0.643. The lowest BCUT2D eigenvalue weighted by Gasteiger charge is -2.27. The first-order valence-corrected chi connectivity index (χ1v) is 7.83. The van der Waals surface area contributed by atoms with Gasteiger partial charge in [0.15, 0.2) is 0 Å².